The maximum absolute atomic E-state index is 11.2. The lowest BCUT2D eigenvalue weighted by Crippen LogP contribution is -2.18. The monoisotopic (exact) mass is 413 g/mol. The molecule has 0 radical (unpaired) electrons. The number of rotatable bonds is 6. The quantitative estimate of drug-likeness (QED) is 0.451. The molecule has 0 bridgehead atoms. The number of nitrogens with one attached hydrogen (secondary N) is 1. The fourth-order valence-electron chi connectivity index (χ4n) is 3.30. The molecule has 0 saturated heterocycles. The molecule has 2 N–H and O–H groups in total. The maximum atomic E-state index is 11.2. The Hall–Kier alpha value is -2.34. The molecule has 144 valence electrons. The Bertz CT molecular complexity index is 1140. The number of aromatic nitrogens is 3. The van der Waals surface area contributed by atoms with E-state index in [1.54, 1.807) is 18.4 Å². The van der Waals surface area contributed by atoms with Crippen molar-refractivity contribution in [2.75, 3.05) is 24.8 Å². The third kappa shape index (κ3) is 3.30. The van der Waals surface area contributed by atoms with E-state index in [9.17, 15) is 4.89 Å². The third-order valence-corrected chi connectivity index (χ3v) is 9.17. The minimum atomic E-state index is -2.29. The molecule has 0 aliphatic carbocycles. The number of anilines is 2. The summed E-state index contributed by atoms with van der Waals surface area (Å²) in [7, 11) is -0.657. The number of ether oxygens (including phenoxy) is 1. The van der Waals surface area contributed by atoms with E-state index in [2.05, 4.69) is 20.3 Å². The molecule has 0 saturated carbocycles. The van der Waals surface area contributed by atoms with Gasteiger partial charge in [-0.25, -0.2) is 19.8 Å². The number of hydrogen-bond donors (Lipinski definition) is 2. The van der Waals surface area contributed by atoms with Crippen molar-refractivity contribution in [3.8, 4) is 5.75 Å². The first-order chi connectivity index (χ1) is 13.6. The fourth-order valence-corrected chi connectivity index (χ4v) is 6.02. The Balaban J connectivity index is 1.84. The van der Waals surface area contributed by atoms with Crippen LogP contribution in [0.5, 0.6) is 5.75 Å². The number of benzene rings is 2. The molecule has 0 amide bonds. The van der Waals surface area contributed by atoms with Crippen molar-refractivity contribution in [3.63, 3.8) is 0 Å². The van der Waals surface area contributed by atoms with Crippen molar-refractivity contribution in [2.45, 2.75) is 13.8 Å². The first kappa shape index (κ1) is 19.0. The second kappa shape index (κ2) is 7.59. The molecule has 0 aliphatic rings. The van der Waals surface area contributed by atoms with Crippen LogP contribution in [0, 0.1) is 0 Å². The van der Waals surface area contributed by atoms with Gasteiger partial charge in [-0.3, -0.25) is 0 Å². The van der Waals surface area contributed by atoms with E-state index in [1.807, 2.05) is 49.7 Å². The van der Waals surface area contributed by atoms with E-state index in [0.717, 1.165) is 32.1 Å². The Labute approximate surface area is 168 Å². The summed E-state index contributed by atoms with van der Waals surface area (Å²) in [5, 5.41) is 5.10. The topological polar surface area (TPSA) is 80.2 Å². The first-order valence-corrected chi connectivity index (χ1v) is 12.1. The predicted molar refractivity (Wildman–Crippen MR) is 119 cm³/mol. The molecule has 0 aliphatic heterocycles. The number of methoxy groups -OCH3 is 1. The molecule has 2 aromatic carbocycles. The Morgan fingerprint density at radius 1 is 1.07 bits per heavy atom. The van der Waals surface area contributed by atoms with Gasteiger partial charge < -0.3 is 10.1 Å². The standard InChI is InChI=1S/C20H22N4O2PS/c1-4-27(25,5-2)18-9-14-15(10-17(18)26-3)21-11-22-20(14)24-13-6-7-19-16(8-13)23-12-28-19/h6-12,25H,4-5H2,1-3H3,(H,21,22,24)/q+1. The highest BCUT2D eigenvalue weighted by molar-refractivity contribution is 7.77. The van der Waals surface area contributed by atoms with Crippen LogP contribution in [-0.4, -0.2) is 39.3 Å². The van der Waals surface area contributed by atoms with Gasteiger partial charge >= 0.3 is 0 Å². The summed E-state index contributed by atoms with van der Waals surface area (Å²) < 4.78 is 6.72. The van der Waals surface area contributed by atoms with Gasteiger partial charge in [0, 0.05) is 23.2 Å². The molecular weight excluding hydrogens is 391 g/mol. The van der Waals surface area contributed by atoms with E-state index in [1.165, 1.54) is 6.33 Å². The van der Waals surface area contributed by atoms with Gasteiger partial charge in [0.25, 0.3) is 0 Å². The average Bonchev–Trinajstić information content (AvgIpc) is 3.20. The average molecular weight is 413 g/mol. The lowest BCUT2D eigenvalue weighted by molar-refractivity contribution is 0.418. The van der Waals surface area contributed by atoms with Gasteiger partial charge in [0.1, 0.15) is 12.1 Å². The molecule has 8 heteroatoms. The summed E-state index contributed by atoms with van der Waals surface area (Å²) in [6.45, 7) is 4.04. The molecule has 2 aromatic heterocycles. The normalized spacial score (nSPS) is 11.9. The van der Waals surface area contributed by atoms with Crippen molar-refractivity contribution < 1.29 is 9.63 Å². The first-order valence-electron chi connectivity index (χ1n) is 9.11. The lowest BCUT2D eigenvalue weighted by Gasteiger charge is -2.20. The summed E-state index contributed by atoms with van der Waals surface area (Å²) >= 11 is 1.62. The van der Waals surface area contributed by atoms with Crippen LogP contribution < -0.4 is 15.4 Å². The van der Waals surface area contributed by atoms with Gasteiger partial charge in [0.2, 0.25) is 0 Å². The van der Waals surface area contributed by atoms with Crippen LogP contribution >= 0.6 is 18.8 Å². The Morgan fingerprint density at radius 3 is 2.64 bits per heavy atom. The fraction of sp³-hybridized carbons (Fsp3) is 0.250. The SMILES string of the molecule is CC[P+](O)(CC)c1cc2c(Nc3ccc4scnc4c3)ncnc2cc1OC. The van der Waals surface area contributed by atoms with E-state index in [0.29, 0.717) is 23.9 Å². The zero-order valence-electron chi connectivity index (χ0n) is 16.0. The van der Waals surface area contributed by atoms with E-state index in [-0.39, 0.29) is 0 Å². The molecule has 0 unspecified atom stereocenters. The molecule has 28 heavy (non-hydrogen) atoms. The zero-order chi connectivity index (χ0) is 19.7. The Morgan fingerprint density at radius 2 is 1.89 bits per heavy atom. The molecule has 4 aromatic rings. The minimum absolute atomic E-state index is 0.681. The van der Waals surface area contributed by atoms with Crippen LogP contribution in [0.4, 0.5) is 11.5 Å². The molecular formula is C20H22N4O2PS+. The lowest BCUT2D eigenvalue weighted by atomic mass is 10.2. The molecule has 6 nitrogen and oxygen atoms in total. The number of hydrogen-bond acceptors (Lipinski definition) is 7. The molecule has 2 heterocycles. The molecule has 0 spiro atoms. The van der Waals surface area contributed by atoms with Gasteiger partial charge in [-0.05, 0) is 32.0 Å². The van der Waals surface area contributed by atoms with Crippen LogP contribution in [0.2, 0.25) is 0 Å². The highest BCUT2D eigenvalue weighted by Crippen LogP contribution is 2.55. The second-order valence-electron chi connectivity index (χ2n) is 6.48. The summed E-state index contributed by atoms with van der Waals surface area (Å²) in [6, 6.07) is 9.94. The maximum Gasteiger partial charge on any atom is 0.177 e. The predicted octanol–water partition coefficient (Wildman–Crippen LogP) is 4.58. The molecule has 0 atom stereocenters. The van der Waals surface area contributed by atoms with E-state index in [4.69, 9.17) is 4.74 Å². The van der Waals surface area contributed by atoms with Gasteiger partial charge in [-0.15, -0.1) is 11.3 Å². The van der Waals surface area contributed by atoms with Gasteiger partial charge in [0.15, 0.2) is 18.5 Å². The highest BCUT2D eigenvalue weighted by atomic mass is 32.1. The summed E-state index contributed by atoms with van der Waals surface area (Å²) in [5.74, 6) is 1.38. The summed E-state index contributed by atoms with van der Waals surface area (Å²) in [6.07, 6.45) is 2.93. The summed E-state index contributed by atoms with van der Waals surface area (Å²) in [5.41, 5.74) is 4.47. The van der Waals surface area contributed by atoms with Crippen LogP contribution in [0.25, 0.3) is 21.1 Å². The Kier molecular flexibility index (Phi) is 5.15. The molecule has 4 rings (SSSR count). The highest BCUT2D eigenvalue weighted by Gasteiger charge is 2.38. The third-order valence-electron chi connectivity index (χ3n) is 5.02. The van der Waals surface area contributed by atoms with Gasteiger partial charge in [-0.2, -0.15) is 0 Å². The second-order valence-corrected chi connectivity index (χ2v) is 11.0. The van der Waals surface area contributed by atoms with Crippen molar-refractivity contribution in [1.29, 1.82) is 0 Å². The molecule has 0 fully saturated rings. The van der Waals surface area contributed by atoms with Crippen LogP contribution in [0.3, 0.4) is 0 Å². The minimum Gasteiger partial charge on any atom is -0.492 e. The van der Waals surface area contributed by atoms with Crippen molar-refractivity contribution >= 4 is 56.8 Å². The largest absolute Gasteiger partial charge is 0.492 e. The van der Waals surface area contributed by atoms with Gasteiger partial charge in [-0.1, -0.05) is 0 Å². The smallest absolute Gasteiger partial charge is 0.177 e. The van der Waals surface area contributed by atoms with Crippen molar-refractivity contribution in [2.24, 2.45) is 0 Å². The van der Waals surface area contributed by atoms with E-state index < -0.39 is 7.49 Å². The van der Waals surface area contributed by atoms with Gasteiger partial charge in [0.05, 0.1) is 40.7 Å². The van der Waals surface area contributed by atoms with Crippen LogP contribution in [0.1, 0.15) is 13.8 Å². The number of thiazole rings is 1. The van der Waals surface area contributed by atoms with Crippen LogP contribution in [0.15, 0.2) is 42.2 Å². The van der Waals surface area contributed by atoms with Crippen molar-refractivity contribution in [1.82, 2.24) is 15.0 Å². The number of fused-ring (bicyclic) bond motifs is 2. The zero-order valence-corrected chi connectivity index (χ0v) is 17.7. The van der Waals surface area contributed by atoms with Crippen LogP contribution in [-0.2, 0) is 0 Å². The van der Waals surface area contributed by atoms with E-state index >= 15 is 0 Å². The van der Waals surface area contributed by atoms with Crippen molar-refractivity contribution in [3.05, 3.63) is 42.2 Å². The summed E-state index contributed by atoms with van der Waals surface area (Å²) in [4.78, 5) is 24.4. The number of nitrogens with zero attached hydrogens (tertiary/aromatic N) is 3.